The van der Waals surface area contributed by atoms with Crippen LogP contribution in [-0.2, 0) is 28.9 Å². The van der Waals surface area contributed by atoms with Gasteiger partial charge in [0.1, 0.15) is 6.54 Å². The first-order valence-corrected chi connectivity index (χ1v) is 9.32. The Morgan fingerprint density at radius 3 is 2.69 bits per heavy atom. The molecule has 1 aromatic heterocycles. The number of carbonyl (C=O) groups is 1. The summed E-state index contributed by atoms with van der Waals surface area (Å²) < 4.78 is 34.3. The fraction of sp³-hybridized carbons (Fsp3) is 0.217. The molecular weight excluding hydrogens is 376 g/mol. The van der Waals surface area contributed by atoms with Crippen LogP contribution in [0.25, 0.3) is 17.0 Å². The van der Waals surface area contributed by atoms with Gasteiger partial charge in [-0.2, -0.15) is 0 Å². The van der Waals surface area contributed by atoms with Gasteiger partial charge in [-0.25, -0.2) is 8.78 Å². The molecule has 3 rings (SSSR count). The van der Waals surface area contributed by atoms with E-state index in [9.17, 15) is 18.4 Å². The summed E-state index contributed by atoms with van der Waals surface area (Å²) in [6.45, 7) is 5.60. The number of aryl methyl sites for hydroxylation is 2. The summed E-state index contributed by atoms with van der Waals surface area (Å²) in [6, 6.07) is 10.7. The van der Waals surface area contributed by atoms with Crippen LogP contribution in [0.4, 0.5) is 8.78 Å². The van der Waals surface area contributed by atoms with Crippen molar-refractivity contribution >= 4 is 22.9 Å². The molecule has 3 aromatic rings. The first-order chi connectivity index (χ1) is 13.9. The summed E-state index contributed by atoms with van der Waals surface area (Å²) in [6.07, 6.45) is 2.08. The minimum Gasteiger partial charge on any atom is -0.465 e. The van der Waals surface area contributed by atoms with Crippen LogP contribution in [0.5, 0.6) is 0 Å². The molecule has 2 aromatic carbocycles. The Hall–Kier alpha value is -3.28. The summed E-state index contributed by atoms with van der Waals surface area (Å²) in [5, 5.41) is 0.459. The molecule has 150 valence electrons. The van der Waals surface area contributed by atoms with E-state index in [-0.39, 0.29) is 37.0 Å². The van der Waals surface area contributed by atoms with E-state index in [1.807, 2.05) is 0 Å². The second kappa shape index (κ2) is 8.82. The van der Waals surface area contributed by atoms with Crippen molar-refractivity contribution in [3.8, 4) is 0 Å². The molecule has 0 aliphatic rings. The average Bonchev–Trinajstić information content (AvgIpc) is 2.71. The van der Waals surface area contributed by atoms with Gasteiger partial charge in [0.2, 0.25) is 0 Å². The Morgan fingerprint density at radius 2 is 1.97 bits per heavy atom. The van der Waals surface area contributed by atoms with Gasteiger partial charge in [0, 0.05) is 17.1 Å². The highest BCUT2D eigenvalue weighted by Gasteiger charge is 2.15. The van der Waals surface area contributed by atoms with Gasteiger partial charge in [-0.15, -0.1) is 0 Å². The van der Waals surface area contributed by atoms with E-state index < -0.39 is 17.6 Å². The van der Waals surface area contributed by atoms with Crippen LogP contribution in [0.15, 0.2) is 53.8 Å². The van der Waals surface area contributed by atoms with Gasteiger partial charge in [-0.1, -0.05) is 30.9 Å². The lowest BCUT2D eigenvalue weighted by molar-refractivity contribution is -0.143. The second-order valence-electron chi connectivity index (χ2n) is 6.58. The van der Waals surface area contributed by atoms with Crippen molar-refractivity contribution in [3.63, 3.8) is 0 Å². The third-order valence-corrected chi connectivity index (χ3v) is 4.73. The van der Waals surface area contributed by atoms with E-state index in [0.29, 0.717) is 16.6 Å². The highest BCUT2D eigenvalue weighted by Crippen LogP contribution is 2.19. The highest BCUT2D eigenvalue weighted by atomic mass is 19.2. The van der Waals surface area contributed by atoms with Gasteiger partial charge in [-0.05, 0) is 49.1 Å². The summed E-state index contributed by atoms with van der Waals surface area (Å²) in [5.74, 6) is -2.26. The number of benzene rings is 2. The third-order valence-electron chi connectivity index (χ3n) is 4.73. The van der Waals surface area contributed by atoms with Crippen molar-refractivity contribution in [2.45, 2.75) is 26.3 Å². The summed E-state index contributed by atoms with van der Waals surface area (Å²) in [4.78, 5) is 24.8. The SMILES string of the molecule is C=Cc1ccc2c(=O)cc(CCc3cccc(F)c3F)n(CC(=O)OCC)c2c1. The molecule has 0 radical (unpaired) electrons. The van der Waals surface area contributed by atoms with Crippen molar-refractivity contribution in [1.29, 1.82) is 0 Å². The second-order valence-corrected chi connectivity index (χ2v) is 6.58. The van der Waals surface area contributed by atoms with Crippen molar-refractivity contribution in [2.24, 2.45) is 0 Å². The normalized spacial score (nSPS) is 10.9. The minimum absolute atomic E-state index is 0.0911. The average molecular weight is 397 g/mol. The largest absolute Gasteiger partial charge is 0.465 e. The van der Waals surface area contributed by atoms with Crippen molar-refractivity contribution in [2.75, 3.05) is 6.61 Å². The molecule has 0 atom stereocenters. The molecule has 0 fully saturated rings. The minimum atomic E-state index is -0.916. The molecule has 4 nitrogen and oxygen atoms in total. The molecule has 0 saturated carbocycles. The van der Waals surface area contributed by atoms with Crippen LogP contribution in [0, 0.1) is 11.6 Å². The number of carbonyl (C=O) groups excluding carboxylic acids is 1. The summed E-state index contributed by atoms with van der Waals surface area (Å²) >= 11 is 0. The number of nitrogens with zero attached hydrogens (tertiary/aromatic N) is 1. The highest BCUT2D eigenvalue weighted by molar-refractivity contribution is 5.83. The molecule has 0 spiro atoms. The van der Waals surface area contributed by atoms with Gasteiger partial charge in [0.15, 0.2) is 17.1 Å². The quantitative estimate of drug-likeness (QED) is 0.560. The molecule has 0 amide bonds. The zero-order valence-electron chi connectivity index (χ0n) is 16.1. The fourth-order valence-electron chi connectivity index (χ4n) is 3.30. The van der Waals surface area contributed by atoms with Crippen LogP contribution < -0.4 is 5.43 Å². The van der Waals surface area contributed by atoms with Crippen molar-refractivity contribution in [1.82, 2.24) is 4.57 Å². The lowest BCUT2D eigenvalue weighted by Gasteiger charge is -2.17. The van der Waals surface area contributed by atoms with Gasteiger partial charge in [0.05, 0.1) is 12.1 Å². The Kier molecular flexibility index (Phi) is 6.22. The molecule has 0 unspecified atom stereocenters. The van der Waals surface area contributed by atoms with E-state index in [4.69, 9.17) is 4.74 Å². The van der Waals surface area contributed by atoms with Crippen LogP contribution in [0.1, 0.15) is 23.7 Å². The molecular formula is C23H21F2NO3. The van der Waals surface area contributed by atoms with Crippen LogP contribution in [0.3, 0.4) is 0 Å². The Labute approximate surface area is 167 Å². The summed E-state index contributed by atoms with van der Waals surface area (Å²) in [5.41, 5.74) is 1.91. The standard InChI is InChI=1S/C23H21F2NO3/c1-3-15-8-11-18-20(12-15)26(14-22(28)29-4-2)17(13-21(18)27)10-9-16-6-5-7-19(24)23(16)25/h3,5-8,11-13H,1,4,9-10,14H2,2H3. The number of rotatable bonds is 7. The number of aromatic nitrogens is 1. The topological polar surface area (TPSA) is 48.3 Å². The zero-order chi connectivity index (χ0) is 21.0. The van der Waals surface area contributed by atoms with E-state index in [1.54, 1.807) is 35.8 Å². The Balaban J connectivity index is 2.08. The molecule has 0 N–H and O–H groups in total. The number of halogens is 2. The molecule has 0 aliphatic heterocycles. The van der Waals surface area contributed by atoms with Crippen molar-refractivity contribution < 1.29 is 18.3 Å². The lowest BCUT2D eigenvalue weighted by atomic mass is 10.0. The van der Waals surface area contributed by atoms with Gasteiger partial charge < -0.3 is 9.30 Å². The number of hydrogen-bond donors (Lipinski definition) is 0. The Bertz CT molecular complexity index is 1130. The number of hydrogen-bond acceptors (Lipinski definition) is 3. The van der Waals surface area contributed by atoms with Crippen LogP contribution in [0.2, 0.25) is 0 Å². The third kappa shape index (κ3) is 4.42. The number of fused-ring (bicyclic) bond motifs is 1. The zero-order valence-corrected chi connectivity index (χ0v) is 16.1. The molecule has 6 heteroatoms. The lowest BCUT2D eigenvalue weighted by Crippen LogP contribution is -2.21. The molecule has 0 saturated heterocycles. The molecule has 0 aliphatic carbocycles. The monoisotopic (exact) mass is 397 g/mol. The summed E-state index contributed by atoms with van der Waals surface area (Å²) in [7, 11) is 0. The number of esters is 1. The maximum Gasteiger partial charge on any atom is 0.325 e. The van der Waals surface area contributed by atoms with Gasteiger partial charge >= 0.3 is 5.97 Å². The molecule has 1 heterocycles. The first kappa shape index (κ1) is 20.5. The number of pyridine rings is 1. The first-order valence-electron chi connectivity index (χ1n) is 9.32. The maximum absolute atomic E-state index is 14.0. The van der Waals surface area contributed by atoms with Gasteiger partial charge in [-0.3, -0.25) is 9.59 Å². The van der Waals surface area contributed by atoms with E-state index >= 15 is 0 Å². The van der Waals surface area contributed by atoms with Gasteiger partial charge in [0.25, 0.3) is 0 Å². The van der Waals surface area contributed by atoms with E-state index in [1.165, 1.54) is 18.2 Å². The van der Waals surface area contributed by atoms with Crippen LogP contribution in [-0.4, -0.2) is 17.1 Å². The van der Waals surface area contributed by atoms with E-state index in [0.717, 1.165) is 11.6 Å². The number of ether oxygens (including phenoxy) is 1. The molecule has 29 heavy (non-hydrogen) atoms. The predicted octanol–water partition coefficient (Wildman–Crippen LogP) is 4.27. The van der Waals surface area contributed by atoms with E-state index in [2.05, 4.69) is 6.58 Å². The smallest absolute Gasteiger partial charge is 0.325 e. The van der Waals surface area contributed by atoms with Crippen molar-refractivity contribution in [3.05, 3.63) is 87.7 Å². The maximum atomic E-state index is 14.0. The fourth-order valence-corrected chi connectivity index (χ4v) is 3.30. The molecule has 0 bridgehead atoms. The predicted molar refractivity (Wildman–Crippen MR) is 109 cm³/mol. The Morgan fingerprint density at radius 1 is 1.17 bits per heavy atom. The van der Waals surface area contributed by atoms with Crippen LogP contribution >= 0.6 is 0 Å².